The number of nitrogens with zero attached hydrogens (tertiary/aromatic N) is 1. The summed E-state index contributed by atoms with van der Waals surface area (Å²) >= 11 is 2.93. The van der Waals surface area contributed by atoms with Crippen molar-refractivity contribution in [3.05, 3.63) is 33.8 Å². The molecule has 1 heterocycles. The predicted octanol–water partition coefficient (Wildman–Crippen LogP) is 2.31. The Bertz CT molecular complexity index is 753. The second-order valence-electron chi connectivity index (χ2n) is 4.23. The maximum atomic E-state index is 14.0. The van der Waals surface area contributed by atoms with Gasteiger partial charge in [0, 0.05) is 5.69 Å². The zero-order valence-electron chi connectivity index (χ0n) is 10.7. The van der Waals surface area contributed by atoms with E-state index in [0.717, 1.165) is 6.07 Å². The summed E-state index contributed by atoms with van der Waals surface area (Å²) < 4.78 is 40.8. The van der Waals surface area contributed by atoms with E-state index in [1.807, 2.05) is 0 Å². The number of sulfonamides is 1. The topological polar surface area (TPSA) is 101 Å². The minimum absolute atomic E-state index is 0.0153. The lowest BCUT2D eigenvalue weighted by molar-refractivity contribution is 0.567. The van der Waals surface area contributed by atoms with Crippen molar-refractivity contribution < 1.29 is 12.8 Å². The van der Waals surface area contributed by atoms with E-state index >= 15 is 0 Å². The first-order valence-corrected chi connectivity index (χ1v) is 7.79. The number of nitrogens with one attached hydrogen (secondary N) is 2. The van der Waals surface area contributed by atoms with Crippen molar-refractivity contribution in [2.24, 2.45) is 0 Å². The number of nitrogen functional groups attached to an aromatic ring is 1. The molecule has 1 aromatic heterocycles. The molecule has 0 saturated carbocycles. The van der Waals surface area contributed by atoms with Crippen molar-refractivity contribution in [1.29, 1.82) is 0 Å². The Labute approximate surface area is 123 Å². The second-order valence-corrected chi connectivity index (χ2v) is 6.73. The number of aromatic amines is 1. The number of aromatic nitrogens is 2. The van der Waals surface area contributed by atoms with Crippen molar-refractivity contribution in [2.75, 3.05) is 10.5 Å². The van der Waals surface area contributed by atoms with Crippen LogP contribution in [-0.2, 0) is 10.0 Å². The van der Waals surface area contributed by atoms with Crippen LogP contribution in [0.3, 0.4) is 0 Å². The quantitative estimate of drug-likeness (QED) is 0.729. The van der Waals surface area contributed by atoms with Crippen LogP contribution < -0.4 is 10.5 Å². The average molecular weight is 363 g/mol. The summed E-state index contributed by atoms with van der Waals surface area (Å²) in [4.78, 5) is -0.524. The summed E-state index contributed by atoms with van der Waals surface area (Å²) in [6.07, 6.45) is 0. The van der Waals surface area contributed by atoms with Crippen molar-refractivity contribution in [3.8, 4) is 0 Å². The van der Waals surface area contributed by atoms with E-state index in [-0.39, 0.29) is 10.2 Å². The Morgan fingerprint density at radius 1 is 1.40 bits per heavy atom. The maximum absolute atomic E-state index is 14.0. The number of halogens is 2. The lowest BCUT2D eigenvalue weighted by Gasteiger charge is -2.10. The Kier molecular flexibility index (Phi) is 3.74. The van der Waals surface area contributed by atoms with Gasteiger partial charge in [-0.3, -0.25) is 9.82 Å². The highest BCUT2D eigenvalue weighted by Crippen LogP contribution is 2.28. The van der Waals surface area contributed by atoms with Gasteiger partial charge in [0.15, 0.2) is 5.82 Å². The van der Waals surface area contributed by atoms with E-state index < -0.39 is 20.7 Å². The minimum Gasteiger partial charge on any atom is -0.399 e. The van der Waals surface area contributed by atoms with Gasteiger partial charge >= 0.3 is 0 Å². The number of aryl methyl sites for hydroxylation is 2. The predicted molar refractivity (Wildman–Crippen MR) is 77.4 cm³/mol. The number of rotatable bonds is 3. The van der Waals surface area contributed by atoms with Gasteiger partial charge in [0.25, 0.3) is 10.0 Å². The Morgan fingerprint density at radius 3 is 2.60 bits per heavy atom. The summed E-state index contributed by atoms with van der Waals surface area (Å²) in [6.45, 7) is 3.29. The SMILES string of the molecule is Cc1n[nH]c(C)c1NS(=O)(=O)c1cc(N)cc(Br)c1F. The highest BCUT2D eigenvalue weighted by molar-refractivity contribution is 9.10. The van der Waals surface area contributed by atoms with Crippen LogP contribution in [0.2, 0.25) is 0 Å². The average Bonchev–Trinajstić information content (AvgIpc) is 2.65. The van der Waals surface area contributed by atoms with Crippen LogP contribution in [0.4, 0.5) is 15.8 Å². The van der Waals surface area contributed by atoms with Crippen LogP contribution >= 0.6 is 15.9 Å². The molecule has 0 aliphatic carbocycles. The van der Waals surface area contributed by atoms with Crippen molar-refractivity contribution in [2.45, 2.75) is 18.7 Å². The highest BCUT2D eigenvalue weighted by Gasteiger charge is 2.24. The van der Waals surface area contributed by atoms with Crippen LogP contribution in [-0.4, -0.2) is 18.6 Å². The molecule has 2 aromatic rings. The molecule has 0 spiro atoms. The number of hydrogen-bond donors (Lipinski definition) is 3. The molecule has 0 amide bonds. The monoisotopic (exact) mass is 362 g/mol. The normalized spacial score (nSPS) is 11.6. The molecule has 6 nitrogen and oxygen atoms in total. The van der Waals surface area contributed by atoms with E-state index in [4.69, 9.17) is 5.73 Å². The smallest absolute Gasteiger partial charge is 0.265 e. The van der Waals surface area contributed by atoms with Gasteiger partial charge in [-0.1, -0.05) is 0 Å². The van der Waals surface area contributed by atoms with Crippen LogP contribution in [0, 0.1) is 19.7 Å². The summed E-state index contributed by atoms with van der Waals surface area (Å²) in [5.41, 5.74) is 6.99. The van der Waals surface area contributed by atoms with E-state index in [1.165, 1.54) is 6.07 Å². The molecule has 0 saturated heterocycles. The Hall–Kier alpha value is -1.61. The van der Waals surface area contributed by atoms with Gasteiger partial charge in [0.05, 0.1) is 21.5 Å². The molecular weight excluding hydrogens is 351 g/mol. The van der Waals surface area contributed by atoms with Crippen molar-refractivity contribution in [3.63, 3.8) is 0 Å². The first-order valence-electron chi connectivity index (χ1n) is 5.51. The summed E-state index contributed by atoms with van der Waals surface area (Å²) in [6, 6.07) is 2.36. The molecule has 1 aromatic carbocycles. The third-order valence-electron chi connectivity index (χ3n) is 2.67. The van der Waals surface area contributed by atoms with E-state index in [0.29, 0.717) is 17.1 Å². The maximum Gasteiger partial charge on any atom is 0.265 e. The molecule has 20 heavy (non-hydrogen) atoms. The molecule has 4 N–H and O–H groups in total. The summed E-state index contributed by atoms with van der Waals surface area (Å²) in [7, 11) is -4.10. The molecule has 0 aliphatic rings. The fraction of sp³-hybridized carbons (Fsp3) is 0.182. The van der Waals surface area contributed by atoms with Gasteiger partial charge in [-0.25, -0.2) is 12.8 Å². The van der Waals surface area contributed by atoms with Crippen LogP contribution in [0.5, 0.6) is 0 Å². The molecule has 0 fully saturated rings. The number of hydrogen-bond acceptors (Lipinski definition) is 4. The highest BCUT2D eigenvalue weighted by atomic mass is 79.9. The fourth-order valence-electron chi connectivity index (χ4n) is 1.67. The summed E-state index contributed by atoms with van der Waals surface area (Å²) in [5, 5.41) is 6.52. The third kappa shape index (κ3) is 2.63. The molecule has 108 valence electrons. The fourth-order valence-corrected chi connectivity index (χ4v) is 3.60. The number of benzene rings is 1. The molecule has 0 unspecified atom stereocenters. The largest absolute Gasteiger partial charge is 0.399 e. The van der Waals surface area contributed by atoms with E-state index in [1.54, 1.807) is 13.8 Å². The molecule has 0 atom stereocenters. The minimum atomic E-state index is -4.10. The number of H-pyrrole nitrogens is 1. The zero-order valence-corrected chi connectivity index (χ0v) is 13.1. The molecule has 9 heteroatoms. The number of anilines is 2. The zero-order chi connectivity index (χ0) is 15.1. The lowest BCUT2D eigenvalue weighted by Crippen LogP contribution is -2.16. The van der Waals surface area contributed by atoms with Gasteiger partial charge in [0.2, 0.25) is 0 Å². The lowest BCUT2D eigenvalue weighted by atomic mass is 10.3. The Morgan fingerprint density at radius 2 is 2.05 bits per heavy atom. The van der Waals surface area contributed by atoms with Crippen LogP contribution in [0.1, 0.15) is 11.4 Å². The molecule has 0 bridgehead atoms. The molecule has 0 aliphatic heterocycles. The molecular formula is C11H12BrFN4O2S. The van der Waals surface area contributed by atoms with Gasteiger partial charge in [-0.15, -0.1) is 0 Å². The van der Waals surface area contributed by atoms with Crippen molar-refractivity contribution in [1.82, 2.24) is 10.2 Å². The van der Waals surface area contributed by atoms with Crippen LogP contribution in [0.25, 0.3) is 0 Å². The first kappa shape index (κ1) is 14.8. The van der Waals surface area contributed by atoms with Crippen LogP contribution in [0.15, 0.2) is 21.5 Å². The Balaban J connectivity index is 2.52. The molecule has 2 rings (SSSR count). The van der Waals surface area contributed by atoms with Gasteiger partial charge in [0.1, 0.15) is 4.90 Å². The van der Waals surface area contributed by atoms with Gasteiger partial charge < -0.3 is 5.73 Å². The van der Waals surface area contributed by atoms with E-state index in [2.05, 4.69) is 30.8 Å². The molecule has 0 radical (unpaired) electrons. The first-order chi connectivity index (χ1) is 9.22. The van der Waals surface area contributed by atoms with Crippen molar-refractivity contribution >= 4 is 37.3 Å². The van der Waals surface area contributed by atoms with Gasteiger partial charge in [-0.05, 0) is 41.9 Å². The standard InChI is InChI=1S/C11H12BrFN4O2S/c1-5-11(6(2)16-15-5)17-20(18,19)9-4-7(14)3-8(12)10(9)13/h3-4,17H,14H2,1-2H3,(H,15,16). The summed E-state index contributed by atoms with van der Waals surface area (Å²) in [5.74, 6) is -0.898. The second kappa shape index (κ2) is 5.06. The number of nitrogens with two attached hydrogens (primary N) is 1. The van der Waals surface area contributed by atoms with Gasteiger partial charge in [-0.2, -0.15) is 5.10 Å². The third-order valence-corrected chi connectivity index (χ3v) is 4.60. The van der Waals surface area contributed by atoms with E-state index in [9.17, 15) is 12.8 Å².